The van der Waals surface area contributed by atoms with Gasteiger partial charge in [0.15, 0.2) is 0 Å². The molecule has 1 saturated heterocycles. The third kappa shape index (κ3) is 5.40. The van der Waals surface area contributed by atoms with Crippen LogP contribution in [0.4, 0.5) is 0 Å². The van der Waals surface area contributed by atoms with E-state index in [9.17, 15) is 4.79 Å². The van der Waals surface area contributed by atoms with E-state index in [1.165, 1.54) is 5.56 Å². The van der Waals surface area contributed by atoms with Crippen LogP contribution in [0.2, 0.25) is 5.02 Å². The van der Waals surface area contributed by atoms with Crippen LogP contribution in [0, 0.1) is 5.92 Å². The Labute approximate surface area is 167 Å². The Morgan fingerprint density at radius 3 is 2.58 bits per heavy atom. The summed E-state index contributed by atoms with van der Waals surface area (Å²) in [5.41, 5.74) is 4.73. The summed E-state index contributed by atoms with van der Waals surface area (Å²) in [5.74, 6) is -0.00356. The zero-order valence-corrected chi connectivity index (χ0v) is 16.7. The lowest BCUT2D eigenvalue weighted by Gasteiger charge is -2.30. The third-order valence-electron chi connectivity index (χ3n) is 4.56. The molecule has 1 heterocycles. The van der Waals surface area contributed by atoms with Crippen LogP contribution in [-0.2, 0) is 11.3 Å². The molecule has 4 nitrogen and oxygen atoms in total. The van der Waals surface area contributed by atoms with Crippen LogP contribution in [0.3, 0.4) is 0 Å². The van der Waals surface area contributed by atoms with Crippen LogP contribution < -0.4 is 5.43 Å². The van der Waals surface area contributed by atoms with Gasteiger partial charge < -0.3 is 0 Å². The van der Waals surface area contributed by atoms with Crippen LogP contribution >= 0.6 is 27.5 Å². The van der Waals surface area contributed by atoms with Crippen molar-refractivity contribution >= 4 is 39.7 Å². The Morgan fingerprint density at radius 1 is 1.19 bits per heavy atom. The number of nitrogens with one attached hydrogen (secondary N) is 1. The molecule has 2 aromatic rings. The number of nitrogens with zero attached hydrogens (tertiary/aromatic N) is 2. The van der Waals surface area contributed by atoms with Crippen molar-refractivity contribution in [1.29, 1.82) is 0 Å². The largest absolute Gasteiger partial charge is 0.299 e. The highest BCUT2D eigenvalue weighted by Crippen LogP contribution is 2.20. The molecular formula is C20H21BrClN3O. The molecule has 2 aromatic carbocycles. The third-order valence-corrected chi connectivity index (χ3v) is 5.43. The number of likely N-dealkylation sites (tertiary alicyclic amines) is 1. The fraction of sp³-hybridized carbons (Fsp3) is 0.300. The second-order valence-electron chi connectivity index (χ2n) is 6.43. The lowest BCUT2D eigenvalue weighted by Crippen LogP contribution is -2.39. The number of halogens is 2. The molecule has 0 saturated carbocycles. The second kappa shape index (κ2) is 9.31. The highest BCUT2D eigenvalue weighted by atomic mass is 79.9. The van der Waals surface area contributed by atoms with E-state index in [0.717, 1.165) is 42.5 Å². The monoisotopic (exact) mass is 433 g/mol. The van der Waals surface area contributed by atoms with E-state index in [-0.39, 0.29) is 11.8 Å². The first kappa shape index (κ1) is 19.1. The SMILES string of the molecule is O=C(N/N=C\c1ccccc1Cl)C1CCN(Cc2ccc(Br)cc2)CC1. The molecule has 1 aliphatic heterocycles. The molecule has 1 aliphatic rings. The molecule has 26 heavy (non-hydrogen) atoms. The Hall–Kier alpha value is -1.69. The first-order valence-electron chi connectivity index (χ1n) is 8.66. The molecular weight excluding hydrogens is 414 g/mol. The van der Waals surface area contributed by atoms with Gasteiger partial charge in [-0.15, -0.1) is 0 Å². The highest BCUT2D eigenvalue weighted by Gasteiger charge is 2.24. The first-order chi connectivity index (χ1) is 12.6. The first-order valence-corrected chi connectivity index (χ1v) is 9.83. The van der Waals surface area contributed by atoms with Crippen LogP contribution in [-0.4, -0.2) is 30.1 Å². The molecule has 136 valence electrons. The van der Waals surface area contributed by atoms with Crippen molar-refractivity contribution in [2.45, 2.75) is 19.4 Å². The Kier molecular flexibility index (Phi) is 6.83. The van der Waals surface area contributed by atoms with Crippen molar-refractivity contribution in [3.63, 3.8) is 0 Å². The summed E-state index contributed by atoms with van der Waals surface area (Å²) >= 11 is 9.52. The summed E-state index contributed by atoms with van der Waals surface area (Å²) in [4.78, 5) is 14.7. The number of carbonyl (C=O) groups excluding carboxylic acids is 1. The van der Waals surface area contributed by atoms with Gasteiger partial charge in [0.1, 0.15) is 0 Å². The van der Waals surface area contributed by atoms with Crippen molar-refractivity contribution in [2.24, 2.45) is 11.0 Å². The minimum absolute atomic E-state index is 0.0135. The van der Waals surface area contributed by atoms with Gasteiger partial charge in [0.2, 0.25) is 5.91 Å². The van der Waals surface area contributed by atoms with Gasteiger partial charge in [0, 0.05) is 27.5 Å². The Balaban J connectivity index is 1.44. The van der Waals surface area contributed by atoms with Crippen molar-refractivity contribution in [3.8, 4) is 0 Å². The van der Waals surface area contributed by atoms with E-state index < -0.39 is 0 Å². The molecule has 0 bridgehead atoms. The molecule has 6 heteroatoms. The van der Waals surface area contributed by atoms with Gasteiger partial charge in [-0.1, -0.05) is 57.9 Å². The zero-order valence-electron chi connectivity index (χ0n) is 14.4. The number of piperidine rings is 1. The van der Waals surface area contributed by atoms with Gasteiger partial charge in [0.25, 0.3) is 0 Å². The lowest BCUT2D eigenvalue weighted by atomic mass is 9.96. The number of hydrogen-bond donors (Lipinski definition) is 1. The summed E-state index contributed by atoms with van der Waals surface area (Å²) in [6, 6.07) is 15.8. The lowest BCUT2D eigenvalue weighted by molar-refractivity contribution is -0.126. The summed E-state index contributed by atoms with van der Waals surface area (Å²) < 4.78 is 1.09. The average Bonchev–Trinajstić information content (AvgIpc) is 2.66. The molecule has 0 radical (unpaired) electrons. The maximum Gasteiger partial charge on any atom is 0.243 e. The second-order valence-corrected chi connectivity index (χ2v) is 7.76. The zero-order chi connectivity index (χ0) is 18.4. The molecule has 3 rings (SSSR count). The van der Waals surface area contributed by atoms with Gasteiger partial charge in [-0.05, 0) is 49.7 Å². The number of hydrazone groups is 1. The predicted octanol–water partition coefficient (Wildman–Crippen LogP) is 4.46. The standard InChI is InChI=1S/C20H21BrClN3O/c21-18-7-5-15(6-8-18)14-25-11-9-16(10-12-25)20(26)24-23-13-17-3-1-2-4-19(17)22/h1-8,13,16H,9-12,14H2,(H,24,26)/b23-13-. The van der Waals surface area contributed by atoms with E-state index in [1.54, 1.807) is 12.3 Å². The van der Waals surface area contributed by atoms with Gasteiger partial charge in [-0.2, -0.15) is 5.10 Å². The summed E-state index contributed by atoms with van der Waals surface area (Å²) in [7, 11) is 0. The van der Waals surface area contributed by atoms with Gasteiger partial charge in [-0.25, -0.2) is 5.43 Å². The van der Waals surface area contributed by atoms with Crippen molar-refractivity contribution in [1.82, 2.24) is 10.3 Å². The minimum atomic E-state index is -0.0170. The van der Waals surface area contributed by atoms with Gasteiger partial charge in [-0.3, -0.25) is 9.69 Å². The number of rotatable bonds is 5. The van der Waals surface area contributed by atoms with Crippen LogP contribution in [0.5, 0.6) is 0 Å². The summed E-state index contributed by atoms with van der Waals surface area (Å²) in [5, 5.41) is 4.66. The normalized spacial score (nSPS) is 16.1. The molecule has 0 spiro atoms. The maximum atomic E-state index is 12.3. The van der Waals surface area contributed by atoms with E-state index in [1.807, 2.05) is 18.2 Å². The fourth-order valence-corrected chi connectivity index (χ4v) is 3.49. The summed E-state index contributed by atoms with van der Waals surface area (Å²) in [6.07, 6.45) is 3.29. The smallest absolute Gasteiger partial charge is 0.243 e. The van der Waals surface area contributed by atoms with Gasteiger partial charge >= 0.3 is 0 Å². The molecule has 0 atom stereocenters. The number of benzene rings is 2. The van der Waals surface area contributed by atoms with Crippen molar-refractivity contribution < 1.29 is 4.79 Å². The predicted molar refractivity (Wildman–Crippen MR) is 109 cm³/mol. The molecule has 0 aliphatic carbocycles. The Bertz CT molecular complexity index is 771. The van der Waals surface area contributed by atoms with Crippen molar-refractivity contribution in [2.75, 3.05) is 13.1 Å². The van der Waals surface area contributed by atoms with Crippen LogP contribution in [0.25, 0.3) is 0 Å². The number of carbonyl (C=O) groups is 1. The van der Waals surface area contributed by atoms with Crippen molar-refractivity contribution in [3.05, 3.63) is 69.2 Å². The maximum absolute atomic E-state index is 12.3. The molecule has 1 N–H and O–H groups in total. The molecule has 1 amide bonds. The highest BCUT2D eigenvalue weighted by molar-refractivity contribution is 9.10. The quantitative estimate of drug-likeness (QED) is 0.557. The molecule has 0 unspecified atom stereocenters. The number of amides is 1. The summed E-state index contributed by atoms with van der Waals surface area (Å²) in [6.45, 7) is 2.76. The molecule has 1 fully saturated rings. The fourth-order valence-electron chi connectivity index (χ4n) is 3.04. The topological polar surface area (TPSA) is 44.7 Å². The van der Waals surface area contributed by atoms with E-state index in [0.29, 0.717) is 5.02 Å². The van der Waals surface area contributed by atoms with E-state index in [2.05, 4.69) is 55.6 Å². The molecule has 0 aromatic heterocycles. The van der Waals surface area contributed by atoms with Gasteiger partial charge in [0.05, 0.1) is 6.21 Å². The minimum Gasteiger partial charge on any atom is -0.299 e. The number of hydrogen-bond acceptors (Lipinski definition) is 3. The van der Waals surface area contributed by atoms with Crippen LogP contribution in [0.1, 0.15) is 24.0 Å². The van der Waals surface area contributed by atoms with E-state index in [4.69, 9.17) is 11.6 Å². The van der Waals surface area contributed by atoms with E-state index >= 15 is 0 Å². The average molecular weight is 435 g/mol. The Morgan fingerprint density at radius 2 is 1.88 bits per heavy atom. The van der Waals surface area contributed by atoms with Crippen LogP contribution in [0.15, 0.2) is 58.1 Å².